The van der Waals surface area contributed by atoms with Crippen molar-refractivity contribution in [1.82, 2.24) is 4.31 Å². The third-order valence-corrected chi connectivity index (χ3v) is 8.02. The van der Waals surface area contributed by atoms with Gasteiger partial charge in [-0.15, -0.1) is 0 Å². The molecule has 32 heavy (non-hydrogen) atoms. The first-order valence-electron chi connectivity index (χ1n) is 10.2. The number of nitrogen functional groups attached to an aromatic ring is 1. The first-order valence-corrected chi connectivity index (χ1v) is 13.6. The molecule has 0 atom stereocenters. The van der Waals surface area contributed by atoms with Crippen LogP contribution in [-0.2, 0) is 26.4 Å². The van der Waals surface area contributed by atoms with E-state index >= 15 is 0 Å². The number of sulfonamides is 1. The zero-order valence-corrected chi connectivity index (χ0v) is 20.0. The Morgan fingerprint density at radius 2 is 1.47 bits per heavy atom. The Morgan fingerprint density at radius 1 is 0.844 bits per heavy atom. The number of sulfone groups is 1. The standard InChI is InChI=1S/C24H28N2O4S2/c1-18(2)16-26(17-19-8-5-4-6-9-19)32(29,30)21-14-12-20(13-15-21)22-10-7-11-23(24(22)25)31(3,27)28/h4-15,18H,16-17,25H2,1-3H3. The monoisotopic (exact) mass is 472 g/mol. The summed E-state index contributed by atoms with van der Waals surface area (Å²) in [5, 5.41) is 0. The maximum absolute atomic E-state index is 13.4. The van der Waals surface area contributed by atoms with Crippen molar-refractivity contribution in [3.63, 3.8) is 0 Å². The highest BCUT2D eigenvalue weighted by atomic mass is 32.2. The van der Waals surface area contributed by atoms with Crippen molar-refractivity contribution in [3.8, 4) is 11.1 Å². The fourth-order valence-electron chi connectivity index (χ4n) is 3.52. The number of para-hydroxylation sites is 1. The number of hydrogen-bond acceptors (Lipinski definition) is 5. The van der Waals surface area contributed by atoms with Gasteiger partial charge in [-0.1, -0.05) is 68.4 Å². The summed E-state index contributed by atoms with van der Waals surface area (Å²) in [5.41, 5.74) is 8.36. The number of anilines is 1. The maximum atomic E-state index is 13.4. The van der Waals surface area contributed by atoms with Crippen molar-refractivity contribution >= 4 is 25.5 Å². The molecule has 0 heterocycles. The van der Waals surface area contributed by atoms with Gasteiger partial charge in [-0.05, 0) is 35.2 Å². The summed E-state index contributed by atoms with van der Waals surface area (Å²) in [6, 6.07) is 20.7. The Bertz CT molecular complexity index is 1290. The van der Waals surface area contributed by atoms with Crippen LogP contribution < -0.4 is 5.73 Å². The second-order valence-corrected chi connectivity index (χ2v) is 12.1. The molecule has 0 saturated carbocycles. The van der Waals surface area contributed by atoms with E-state index in [-0.39, 0.29) is 27.9 Å². The summed E-state index contributed by atoms with van der Waals surface area (Å²) in [4.78, 5) is 0.230. The van der Waals surface area contributed by atoms with Crippen LogP contribution in [0.5, 0.6) is 0 Å². The van der Waals surface area contributed by atoms with E-state index in [0.717, 1.165) is 11.8 Å². The average Bonchev–Trinajstić information content (AvgIpc) is 2.73. The van der Waals surface area contributed by atoms with Crippen LogP contribution in [0.25, 0.3) is 11.1 Å². The summed E-state index contributed by atoms with van der Waals surface area (Å²) in [7, 11) is -7.20. The fraction of sp³-hybridized carbons (Fsp3) is 0.250. The summed E-state index contributed by atoms with van der Waals surface area (Å²) < 4.78 is 52.2. The number of nitrogens with two attached hydrogens (primary N) is 1. The Balaban J connectivity index is 1.96. The molecular formula is C24H28N2O4S2. The number of benzene rings is 3. The van der Waals surface area contributed by atoms with E-state index in [0.29, 0.717) is 17.7 Å². The van der Waals surface area contributed by atoms with Crippen molar-refractivity contribution < 1.29 is 16.8 Å². The molecule has 0 aliphatic carbocycles. The highest BCUT2D eigenvalue weighted by molar-refractivity contribution is 7.91. The van der Waals surface area contributed by atoms with Crippen LogP contribution >= 0.6 is 0 Å². The van der Waals surface area contributed by atoms with Crippen LogP contribution in [0.4, 0.5) is 5.69 Å². The summed E-state index contributed by atoms with van der Waals surface area (Å²) in [6.07, 6.45) is 1.11. The summed E-state index contributed by atoms with van der Waals surface area (Å²) in [6.45, 7) is 4.64. The second-order valence-electron chi connectivity index (χ2n) is 8.19. The van der Waals surface area contributed by atoms with Crippen LogP contribution in [0.3, 0.4) is 0 Å². The lowest BCUT2D eigenvalue weighted by atomic mass is 10.0. The van der Waals surface area contributed by atoms with Crippen LogP contribution in [0.15, 0.2) is 82.6 Å². The van der Waals surface area contributed by atoms with Gasteiger partial charge in [-0.3, -0.25) is 0 Å². The molecular weight excluding hydrogens is 444 g/mol. The molecule has 0 aliphatic rings. The van der Waals surface area contributed by atoms with Crippen molar-refractivity contribution in [2.75, 3.05) is 18.5 Å². The van der Waals surface area contributed by atoms with E-state index in [1.54, 1.807) is 24.3 Å². The van der Waals surface area contributed by atoms with E-state index < -0.39 is 19.9 Å². The molecule has 0 fully saturated rings. The van der Waals surface area contributed by atoms with Gasteiger partial charge < -0.3 is 5.73 Å². The topological polar surface area (TPSA) is 97.5 Å². The predicted octanol–water partition coefficient (Wildman–Crippen LogP) is 4.19. The van der Waals surface area contributed by atoms with Crippen LogP contribution in [0, 0.1) is 5.92 Å². The number of hydrogen-bond donors (Lipinski definition) is 1. The minimum atomic E-state index is -3.73. The smallest absolute Gasteiger partial charge is 0.243 e. The molecule has 3 aromatic carbocycles. The lowest BCUT2D eigenvalue weighted by molar-refractivity contribution is 0.362. The highest BCUT2D eigenvalue weighted by Gasteiger charge is 2.25. The third kappa shape index (κ3) is 5.38. The maximum Gasteiger partial charge on any atom is 0.243 e. The number of nitrogens with zero attached hydrogens (tertiary/aromatic N) is 1. The summed E-state index contributed by atoms with van der Waals surface area (Å²) in [5.74, 6) is 0.159. The first kappa shape index (κ1) is 24.0. The van der Waals surface area contributed by atoms with E-state index in [9.17, 15) is 16.8 Å². The van der Waals surface area contributed by atoms with Crippen molar-refractivity contribution in [2.45, 2.75) is 30.2 Å². The van der Waals surface area contributed by atoms with Gasteiger partial charge in [0.15, 0.2) is 9.84 Å². The van der Waals surface area contributed by atoms with Gasteiger partial charge in [0.1, 0.15) is 0 Å². The van der Waals surface area contributed by atoms with Crippen LogP contribution in [0.1, 0.15) is 19.4 Å². The zero-order chi connectivity index (χ0) is 23.5. The van der Waals surface area contributed by atoms with Gasteiger partial charge in [0.2, 0.25) is 10.0 Å². The molecule has 0 spiro atoms. The van der Waals surface area contributed by atoms with Gasteiger partial charge in [0.25, 0.3) is 0 Å². The second kappa shape index (κ2) is 9.44. The van der Waals surface area contributed by atoms with Gasteiger partial charge in [-0.2, -0.15) is 4.31 Å². The fourth-order valence-corrected chi connectivity index (χ4v) is 5.94. The summed E-state index contributed by atoms with van der Waals surface area (Å²) >= 11 is 0. The molecule has 170 valence electrons. The minimum Gasteiger partial charge on any atom is -0.397 e. The van der Waals surface area contributed by atoms with Gasteiger partial charge in [0, 0.05) is 24.9 Å². The largest absolute Gasteiger partial charge is 0.397 e. The molecule has 0 unspecified atom stereocenters. The van der Waals surface area contributed by atoms with E-state index in [2.05, 4.69) is 0 Å². The molecule has 3 rings (SSSR count). The molecule has 0 aliphatic heterocycles. The Morgan fingerprint density at radius 3 is 2.03 bits per heavy atom. The Labute approximate surface area is 190 Å². The lowest BCUT2D eigenvalue weighted by Gasteiger charge is -2.24. The Kier molecular flexibility index (Phi) is 7.07. The molecule has 0 amide bonds. The quantitative estimate of drug-likeness (QED) is 0.496. The molecule has 3 aromatic rings. The molecule has 0 aromatic heterocycles. The van der Waals surface area contributed by atoms with Crippen molar-refractivity contribution in [3.05, 3.63) is 78.4 Å². The predicted molar refractivity (Wildman–Crippen MR) is 128 cm³/mol. The average molecular weight is 473 g/mol. The molecule has 0 radical (unpaired) electrons. The molecule has 6 nitrogen and oxygen atoms in total. The lowest BCUT2D eigenvalue weighted by Crippen LogP contribution is -2.33. The van der Waals surface area contributed by atoms with E-state index in [1.807, 2.05) is 44.2 Å². The molecule has 0 saturated heterocycles. The normalized spacial score (nSPS) is 12.4. The van der Waals surface area contributed by atoms with E-state index in [1.165, 1.54) is 22.5 Å². The van der Waals surface area contributed by atoms with E-state index in [4.69, 9.17) is 5.73 Å². The minimum absolute atomic E-state index is 0.0534. The first-order chi connectivity index (χ1) is 15.0. The molecule has 2 N–H and O–H groups in total. The molecule has 8 heteroatoms. The molecule has 0 bridgehead atoms. The van der Waals surface area contributed by atoms with Crippen molar-refractivity contribution in [1.29, 1.82) is 0 Å². The SMILES string of the molecule is CC(C)CN(Cc1ccccc1)S(=O)(=O)c1ccc(-c2cccc(S(C)(=O)=O)c2N)cc1. The van der Waals surface area contributed by atoms with Gasteiger partial charge in [-0.25, -0.2) is 16.8 Å². The van der Waals surface area contributed by atoms with Crippen LogP contribution in [-0.4, -0.2) is 33.9 Å². The van der Waals surface area contributed by atoms with Crippen LogP contribution in [0.2, 0.25) is 0 Å². The van der Waals surface area contributed by atoms with Gasteiger partial charge >= 0.3 is 0 Å². The van der Waals surface area contributed by atoms with Crippen molar-refractivity contribution in [2.24, 2.45) is 5.92 Å². The zero-order valence-electron chi connectivity index (χ0n) is 18.4. The highest BCUT2D eigenvalue weighted by Crippen LogP contribution is 2.32. The third-order valence-electron chi connectivity index (χ3n) is 5.04. The van der Waals surface area contributed by atoms with Gasteiger partial charge in [0.05, 0.1) is 15.5 Å². The Hall–Kier alpha value is -2.68. The number of rotatable bonds is 8.